The predicted molar refractivity (Wildman–Crippen MR) is 182 cm³/mol. The molecule has 3 heterocycles. The average molecular weight is 651 g/mol. The van der Waals surface area contributed by atoms with Crippen LogP contribution >= 0.6 is 0 Å². The molecule has 5 rings (SSSR count). The van der Waals surface area contributed by atoms with Crippen LogP contribution < -0.4 is 14.4 Å². The fraction of sp³-hybridized carbons (Fsp3) is 0.543. The number of benzene rings is 2. The monoisotopic (exact) mass is 650 g/mol. The van der Waals surface area contributed by atoms with Crippen LogP contribution in [-0.2, 0) is 15.6 Å². The summed E-state index contributed by atoms with van der Waals surface area (Å²) in [6, 6.07) is 15.9. The standard InChI is InChI=1S/C35H50N6O4S/c1-27-24-31(44-6)25-28(2)33(27)46(42,43)41-21-10-14-30(41)26-45-32-15-18-36-34(37-32)39(5)19-11-20-40-22-16-35(17-23-40,38(3)4)29-12-8-7-9-13-29/h7-9,12-13,15,18,24-25,30H,10-11,14,16-17,19-23,26H2,1-6H3/t30-/m0/s1. The molecule has 2 aromatic carbocycles. The number of aromatic nitrogens is 2. The molecular weight excluding hydrogens is 600 g/mol. The van der Waals surface area contributed by atoms with Crippen molar-refractivity contribution in [3.8, 4) is 11.6 Å². The lowest BCUT2D eigenvalue weighted by Gasteiger charge is -2.46. The van der Waals surface area contributed by atoms with Gasteiger partial charge in [-0.1, -0.05) is 30.3 Å². The lowest BCUT2D eigenvalue weighted by molar-refractivity contribution is 0.0537. The Morgan fingerprint density at radius 2 is 1.70 bits per heavy atom. The van der Waals surface area contributed by atoms with Gasteiger partial charge in [0.05, 0.1) is 18.0 Å². The van der Waals surface area contributed by atoms with E-state index in [1.165, 1.54) is 5.56 Å². The van der Waals surface area contributed by atoms with Crippen molar-refractivity contribution in [2.75, 3.05) is 72.5 Å². The topological polar surface area (TPSA) is 91.3 Å². The number of ether oxygens (including phenoxy) is 2. The SMILES string of the molecule is COc1cc(C)c(S(=O)(=O)N2CCC[C@H]2COc2ccnc(N(C)CCCN3CCC(c4ccccc4)(N(C)C)CC3)n2)c(C)c1. The van der Waals surface area contributed by atoms with Gasteiger partial charge in [-0.15, -0.1) is 0 Å². The Balaban J connectivity index is 1.13. The average Bonchev–Trinajstić information content (AvgIpc) is 3.54. The van der Waals surface area contributed by atoms with Crippen molar-refractivity contribution in [1.82, 2.24) is 24.1 Å². The maximum Gasteiger partial charge on any atom is 0.243 e. The van der Waals surface area contributed by atoms with Gasteiger partial charge in [0.25, 0.3) is 0 Å². The lowest BCUT2D eigenvalue weighted by atomic mass is 9.80. The highest BCUT2D eigenvalue weighted by molar-refractivity contribution is 7.89. The Kier molecular flexibility index (Phi) is 10.9. The van der Waals surface area contributed by atoms with Gasteiger partial charge in [0, 0.05) is 51.0 Å². The van der Waals surface area contributed by atoms with Crippen LogP contribution in [0.15, 0.2) is 59.6 Å². The van der Waals surface area contributed by atoms with Crippen LogP contribution in [0.1, 0.15) is 48.8 Å². The Labute approximate surface area is 275 Å². The number of anilines is 1. The molecule has 3 aromatic rings. The highest BCUT2D eigenvalue weighted by Crippen LogP contribution is 2.37. The largest absolute Gasteiger partial charge is 0.497 e. The van der Waals surface area contributed by atoms with Crippen molar-refractivity contribution >= 4 is 16.0 Å². The molecule has 0 saturated carbocycles. The minimum absolute atomic E-state index is 0.0934. The van der Waals surface area contributed by atoms with E-state index in [1.54, 1.807) is 35.8 Å². The van der Waals surface area contributed by atoms with Gasteiger partial charge >= 0.3 is 0 Å². The first kappa shape index (κ1) is 34.1. The third-order valence-corrected chi connectivity index (χ3v) is 12.0. The van der Waals surface area contributed by atoms with Gasteiger partial charge in [-0.2, -0.15) is 9.29 Å². The number of hydrogen-bond acceptors (Lipinski definition) is 9. The molecule has 0 amide bonds. The summed E-state index contributed by atoms with van der Waals surface area (Å²) in [6.07, 6.45) is 6.46. The molecule has 0 aliphatic carbocycles. The fourth-order valence-electron chi connectivity index (χ4n) is 7.14. The molecule has 2 fully saturated rings. The van der Waals surface area contributed by atoms with Crippen molar-refractivity contribution in [2.45, 2.75) is 62.4 Å². The summed E-state index contributed by atoms with van der Waals surface area (Å²) < 4.78 is 40.6. The summed E-state index contributed by atoms with van der Waals surface area (Å²) in [7, 11) is 4.30. The van der Waals surface area contributed by atoms with Gasteiger partial charge in [-0.25, -0.2) is 13.4 Å². The van der Waals surface area contributed by atoms with Gasteiger partial charge in [0.15, 0.2) is 0 Å². The number of hydrogen-bond donors (Lipinski definition) is 0. The van der Waals surface area contributed by atoms with Crippen LogP contribution in [0.2, 0.25) is 0 Å². The number of rotatable bonds is 13. The molecule has 250 valence electrons. The normalized spacial score (nSPS) is 19.0. The molecule has 1 aromatic heterocycles. The molecule has 0 unspecified atom stereocenters. The maximum atomic E-state index is 13.8. The van der Waals surface area contributed by atoms with Gasteiger partial charge < -0.3 is 19.3 Å². The second-order valence-corrected chi connectivity index (χ2v) is 14.7. The second kappa shape index (κ2) is 14.7. The molecule has 0 radical (unpaired) electrons. The molecule has 0 N–H and O–H groups in total. The number of methoxy groups -OCH3 is 1. The highest BCUT2D eigenvalue weighted by atomic mass is 32.2. The zero-order chi connectivity index (χ0) is 32.9. The summed E-state index contributed by atoms with van der Waals surface area (Å²) in [5.41, 5.74) is 2.86. The summed E-state index contributed by atoms with van der Waals surface area (Å²) in [4.78, 5) is 16.5. The first-order valence-corrected chi connectivity index (χ1v) is 17.8. The zero-order valence-corrected chi connectivity index (χ0v) is 29.1. The van der Waals surface area contributed by atoms with Crippen LogP contribution in [0.25, 0.3) is 0 Å². The maximum absolute atomic E-state index is 13.8. The van der Waals surface area contributed by atoms with E-state index in [-0.39, 0.29) is 18.2 Å². The van der Waals surface area contributed by atoms with Crippen LogP contribution in [0.3, 0.4) is 0 Å². The minimum Gasteiger partial charge on any atom is -0.497 e. The summed E-state index contributed by atoms with van der Waals surface area (Å²) in [5.74, 6) is 1.71. The Morgan fingerprint density at radius 3 is 2.35 bits per heavy atom. The number of likely N-dealkylation sites (tertiary alicyclic amines) is 1. The Morgan fingerprint density at radius 1 is 1.00 bits per heavy atom. The molecule has 2 aliphatic rings. The van der Waals surface area contributed by atoms with Gasteiger partial charge in [-0.3, -0.25) is 4.90 Å². The number of sulfonamides is 1. The number of aryl methyl sites for hydroxylation is 2. The zero-order valence-electron chi connectivity index (χ0n) is 28.3. The van der Waals surface area contributed by atoms with Crippen LogP contribution in [0.5, 0.6) is 11.6 Å². The smallest absolute Gasteiger partial charge is 0.243 e. The van der Waals surface area contributed by atoms with Crippen molar-refractivity contribution in [3.05, 3.63) is 71.4 Å². The van der Waals surface area contributed by atoms with E-state index in [0.717, 1.165) is 58.3 Å². The van der Waals surface area contributed by atoms with E-state index in [1.807, 2.05) is 20.9 Å². The first-order chi connectivity index (χ1) is 22.0. The molecule has 1 atom stereocenters. The molecular formula is C35H50N6O4S. The molecule has 0 spiro atoms. The van der Waals surface area contributed by atoms with Crippen molar-refractivity contribution < 1.29 is 17.9 Å². The van der Waals surface area contributed by atoms with E-state index < -0.39 is 10.0 Å². The van der Waals surface area contributed by atoms with E-state index in [2.05, 4.69) is 69.1 Å². The van der Waals surface area contributed by atoms with Gasteiger partial charge in [0.2, 0.25) is 21.9 Å². The van der Waals surface area contributed by atoms with Crippen LogP contribution in [0, 0.1) is 13.8 Å². The van der Waals surface area contributed by atoms with Crippen molar-refractivity contribution in [1.29, 1.82) is 0 Å². The third-order valence-electron chi connectivity index (χ3n) is 9.76. The highest BCUT2D eigenvalue weighted by Gasteiger charge is 2.39. The Bertz CT molecular complexity index is 1540. The number of nitrogens with zero attached hydrogens (tertiary/aromatic N) is 6. The molecule has 0 bridgehead atoms. The first-order valence-electron chi connectivity index (χ1n) is 16.3. The van der Waals surface area contributed by atoms with E-state index in [9.17, 15) is 8.42 Å². The van der Waals surface area contributed by atoms with Crippen LogP contribution in [0.4, 0.5) is 5.95 Å². The fourth-order valence-corrected chi connectivity index (χ4v) is 9.24. The van der Waals surface area contributed by atoms with Crippen LogP contribution in [-0.4, -0.2) is 106 Å². The van der Waals surface area contributed by atoms with E-state index in [4.69, 9.17) is 9.47 Å². The van der Waals surface area contributed by atoms with Gasteiger partial charge in [-0.05, 0) is 95.4 Å². The Hall–Kier alpha value is -3.25. The molecule has 11 heteroatoms. The van der Waals surface area contributed by atoms with Crippen molar-refractivity contribution in [3.63, 3.8) is 0 Å². The van der Waals surface area contributed by atoms with Crippen molar-refractivity contribution in [2.24, 2.45) is 0 Å². The van der Waals surface area contributed by atoms with E-state index in [0.29, 0.717) is 40.1 Å². The molecule has 2 saturated heterocycles. The summed E-state index contributed by atoms with van der Waals surface area (Å²) in [6.45, 7) is 8.33. The quantitative estimate of drug-likeness (QED) is 0.261. The second-order valence-electron chi connectivity index (χ2n) is 12.9. The number of piperidine rings is 1. The molecule has 46 heavy (non-hydrogen) atoms. The van der Waals surface area contributed by atoms with E-state index >= 15 is 0 Å². The van der Waals surface area contributed by atoms with Gasteiger partial charge in [0.1, 0.15) is 12.4 Å². The lowest BCUT2D eigenvalue weighted by Crippen LogP contribution is -2.50. The minimum atomic E-state index is -3.69. The molecule has 2 aliphatic heterocycles. The third kappa shape index (κ3) is 7.33. The predicted octanol–water partition coefficient (Wildman–Crippen LogP) is 4.71. The summed E-state index contributed by atoms with van der Waals surface area (Å²) in [5, 5.41) is 0. The summed E-state index contributed by atoms with van der Waals surface area (Å²) >= 11 is 0. The molecule has 10 nitrogen and oxygen atoms in total.